The lowest BCUT2D eigenvalue weighted by Gasteiger charge is -2.04. The Morgan fingerprint density at radius 3 is 1.90 bits per heavy atom. The number of allylic oxidation sites excluding steroid dienone is 1. The molecule has 0 radical (unpaired) electrons. The molecule has 21 heavy (non-hydrogen) atoms. The van der Waals surface area contributed by atoms with E-state index in [1.165, 1.54) is 0 Å². The average molecular weight is 298 g/mol. The number of hydrogen-bond donors (Lipinski definition) is 2. The van der Waals surface area contributed by atoms with Crippen molar-refractivity contribution in [1.29, 1.82) is 0 Å². The second-order valence-corrected chi connectivity index (χ2v) is 5.55. The van der Waals surface area contributed by atoms with Gasteiger partial charge in [0.1, 0.15) is 0 Å². The van der Waals surface area contributed by atoms with Gasteiger partial charge in [-0.25, -0.2) is 4.79 Å². The second-order valence-electron chi connectivity index (χ2n) is 5.55. The Morgan fingerprint density at radius 2 is 1.38 bits per heavy atom. The van der Waals surface area contributed by atoms with E-state index in [9.17, 15) is 9.59 Å². The first-order chi connectivity index (χ1) is 10.1. The molecule has 0 atom stereocenters. The first-order valence-corrected chi connectivity index (χ1v) is 8.22. The van der Waals surface area contributed by atoms with Gasteiger partial charge in [-0.2, -0.15) is 0 Å². The molecule has 0 unspecified atom stereocenters. The minimum absolute atomic E-state index is 0.254. The smallest absolute Gasteiger partial charge is 0.331 e. The molecule has 0 aliphatic heterocycles. The van der Waals surface area contributed by atoms with Crippen LogP contribution < -0.4 is 0 Å². The van der Waals surface area contributed by atoms with Gasteiger partial charge in [0.15, 0.2) is 0 Å². The van der Waals surface area contributed by atoms with Crippen molar-refractivity contribution in [3.8, 4) is 0 Å². The summed E-state index contributed by atoms with van der Waals surface area (Å²) in [5, 5.41) is 17.6. The van der Waals surface area contributed by atoms with Crippen LogP contribution in [0.25, 0.3) is 0 Å². The largest absolute Gasteiger partial charge is 0.481 e. The number of carbonyl (C=O) groups is 2. The number of hydrogen-bond acceptors (Lipinski definition) is 2. The van der Waals surface area contributed by atoms with Crippen LogP contribution in [0.15, 0.2) is 11.6 Å². The van der Waals surface area contributed by atoms with Crippen molar-refractivity contribution < 1.29 is 19.8 Å². The van der Waals surface area contributed by atoms with Gasteiger partial charge < -0.3 is 10.2 Å². The van der Waals surface area contributed by atoms with E-state index in [1.807, 2.05) is 6.08 Å². The lowest BCUT2D eigenvalue weighted by atomic mass is 10.0. The minimum atomic E-state index is -0.784. The number of carboxylic acid groups (broad SMARTS) is 2. The van der Waals surface area contributed by atoms with Crippen LogP contribution in [0.5, 0.6) is 0 Å². The third-order valence-corrected chi connectivity index (χ3v) is 3.56. The van der Waals surface area contributed by atoms with Crippen molar-refractivity contribution >= 4 is 11.9 Å². The van der Waals surface area contributed by atoms with Gasteiger partial charge >= 0.3 is 11.9 Å². The zero-order chi connectivity index (χ0) is 15.9. The van der Waals surface area contributed by atoms with Crippen LogP contribution in [0, 0.1) is 0 Å². The topological polar surface area (TPSA) is 74.6 Å². The fourth-order valence-electron chi connectivity index (χ4n) is 2.27. The molecule has 0 bridgehead atoms. The molecule has 0 aliphatic rings. The fraction of sp³-hybridized carbons (Fsp3) is 0.765. The highest BCUT2D eigenvalue weighted by molar-refractivity contribution is 5.86. The summed E-state index contributed by atoms with van der Waals surface area (Å²) in [4.78, 5) is 21.4. The van der Waals surface area contributed by atoms with Gasteiger partial charge in [0.05, 0.1) is 0 Å². The maximum absolute atomic E-state index is 11.1. The van der Waals surface area contributed by atoms with Crippen LogP contribution in [-0.2, 0) is 9.59 Å². The molecule has 2 N–H and O–H groups in total. The van der Waals surface area contributed by atoms with Gasteiger partial charge in [0.25, 0.3) is 0 Å². The highest BCUT2D eigenvalue weighted by atomic mass is 16.4. The third-order valence-electron chi connectivity index (χ3n) is 3.56. The van der Waals surface area contributed by atoms with Crippen molar-refractivity contribution in [2.75, 3.05) is 0 Å². The second kappa shape index (κ2) is 13.7. The molecule has 0 heterocycles. The zero-order valence-corrected chi connectivity index (χ0v) is 13.3. The monoisotopic (exact) mass is 298 g/mol. The van der Waals surface area contributed by atoms with Crippen molar-refractivity contribution in [2.24, 2.45) is 0 Å². The average Bonchev–Trinajstić information content (AvgIpc) is 2.43. The molecule has 0 aromatic heterocycles. The molecular weight excluding hydrogens is 268 g/mol. The van der Waals surface area contributed by atoms with E-state index in [4.69, 9.17) is 10.2 Å². The lowest BCUT2D eigenvalue weighted by Crippen LogP contribution is -2.00. The van der Waals surface area contributed by atoms with Crippen LogP contribution in [0.1, 0.15) is 84.0 Å². The Bertz CT molecular complexity index is 321. The summed E-state index contributed by atoms with van der Waals surface area (Å²) in [5.74, 6) is -1.51. The van der Waals surface area contributed by atoms with E-state index in [0.29, 0.717) is 12.0 Å². The van der Waals surface area contributed by atoms with Gasteiger partial charge in [0.2, 0.25) is 0 Å². The minimum Gasteiger partial charge on any atom is -0.481 e. The van der Waals surface area contributed by atoms with E-state index in [1.54, 1.807) is 0 Å². The maximum Gasteiger partial charge on any atom is 0.331 e. The Labute approximate surface area is 128 Å². The number of unbranched alkanes of at least 4 members (excludes halogenated alkanes) is 8. The molecule has 0 amide bonds. The van der Waals surface area contributed by atoms with Crippen LogP contribution in [-0.4, -0.2) is 22.2 Å². The van der Waals surface area contributed by atoms with E-state index < -0.39 is 11.9 Å². The molecule has 0 rings (SSSR count). The Balaban J connectivity index is 3.65. The van der Waals surface area contributed by atoms with Crippen molar-refractivity contribution in [2.45, 2.75) is 84.0 Å². The molecule has 4 nitrogen and oxygen atoms in total. The van der Waals surface area contributed by atoms with Crippen molar-refractivity contribution in [1.82, 2.24) is 0 Å². The maximum atomic E-state index is 11.1. The molecular formula is C17H30O4. The van der Waals surface area contributed by atoms with Crippen molar-refractivity contribution in [3.05, 3.63) is 11.6 Å². The summed E-state index contributed by atoms with van der Waals surface area (Å²) in [6, 6.07) is 0. The predicted octanol–water partition coefficient (Wildman–Crippen LogP) is 4.78. The van der Waals surface area contributed by atoms with Gasteiger partial charge in [-0.1, -0.05) is 51.5 Å². The van der Waals surface area contributed by atoms with Crippen LogP contribution in [0.4, 0.5) is 0 Å². The Morgan fingerprint density at radius 1 is 0.810 bits per heavy atom. The van der Waals surface area contributed by atoms with E-state index in [2.05, 4.69) is 6.92 Å². The van der Waals surface area contributed by atoms with Gasteiger partial charge in [-0.05, 0) is 32.1 Å². The first kappa shape index (κ1) is 19.7. The number of aliphatic carboxylic acids is 2. The molecule has 0 fully saturated rings. The normalized spacial score (nSPS) is 11.6. The van der Waals surface area contributed by atoms with E-state index in [-0.39, 0.29) is 6.42 Å². The molecule has 122 valence electrons. The third kappa shape index (κ3) is 13.4. The lowest BCUT2D eigenvalue weighted by molar-refractivity contribution is -0.137. The summed E-state index contributed by atoms with van der Waals surface area (Å²) in [5.41, 5.74) is 0.553. The zero-order valence-electron chi connectivity index (χ0n) is 13.3. The van der Waals surface area contributed by atoms with Crippen LogP contribution >= 0.6 is 0 Å². The van der Waals surface area contributed by atoms with Crippen molar-refractivity contribution in [3.63, 3.8) is 0 Å². The Kier molecular flexibility index (Phi) is 12.8. The highest BCUT2D eigenvalue weighted by Gasteiger charge is 2.06. The summed E-state index contributed by atoms with van der Waals surface area (Å²) >= 11 is 0. The molecule has 0 aromatic rings. The standard InChI is InChI=1S/C17H30O4/c1-2-3-4-9-12-15(17(20)21)13-10-7-5-6-8-11-14-16(18)19/h12H,2-11,13-14H2,1H3,(H,18,19)(H,20,21). The van der Waals surface area contributed by atoms with E-state index in [0.717, 1.165) is 64.2 Å². The number of carboxylic acids is 2. The summed E-state index contributed by atoms with van der Waals surface area (Å²) in [6.07, 6.45) is 12.7. The quantitative estimate of drug-likeness (QED) is 0.357. The molecule has 4 heteroatoms. The molecule has 0 saturated carbocycles. The fourth-order valence-corrected chi connectivity index (χ4v) is 2.27. The van der Waals surface area contributed by atoms with Gasteiger partial charge in [-0.15, -0.1) is 0 Å². The molecule has 0 aromatic carbocycles. The van der Waals surface area contributed by atoms with Crippen LogP contribution in [0.2, 0.25) is 0 Å². The van der Waals surface area contributed by atoms with Crippen LogP contribution in [0.3, 0.4) is 0 Å². The summed E-state index contributed by atoms with van der Waals surface area (Å²) < 4.78 is 0. The van der Waals surface area contributed by atoms with Gasteiger partial charge in [-0.3, -0.25) is 4.79 Å². The van der Waals surface area contributed by atoms with Gasteiger partial charge in [0, 0.05) is 12.0 Å². The summed E-state index contributed by atoms with van der Waals surface area (Å²) in [7, 11) is 0. The SMILES string of the molecule is CCCCCC=C(CCCCCCCCC(=O)O)C(=O)O. The predicted molar refractivity (Wildman–Crippen MR) is 84.4 cm³/mol. The first-order valence-electron chi connectivity index (χ1n) is 8.22. The Hall–Kier alpha value is -1.32. The molecule has 0 saturated heterocycles. The van der Waals surface area contributed by atoms with E-state index >= 15 is 0 Å². The number of rotatable bonds is 14. The molecule has 0 spiro atoms. The summed E-state index contributed by atoms with van der Waals surface area (Å²) in [6.45, 7) is 2.14. The highest BCUT2D eigenvalue weighted by Crippen LogP contribution is 2.14. The molecule has 0 aliphatic carbocycles.